The molecule has 0 saturated heterocycles. The zero-order valence-electron chi connectivity index (χ0n) is 25.4. The summed E-state index contributed by atoms with van der Waals surface area (Å²) < 4.78 is 22.1. The largest absolute Gasteiger partial charge is 0.491 e. The van der Waals surface area contributed by atoms with Crippen LogP contribution in [-0.4, -0.2) is 65.6 Å². The molecular formula is C29H39FN6O6S. The van der Waals surface area contributed by atoms with Gasteiger partial charge in [-0.1, -0.05) is 11.3 Å². The monoisotopic (exact) mass is 618 g/mol. The molecule has 3 aromatic heterocycles. The predicted molar refractivity (Wildman–Crippen MR) is 163 cm³/mol. The first-order chi connectivity index (χ1) is 20.2. The number of halogens is 1. The number of carbonyl (C=O) groups excluding carboxylic acids is 1. The van der Waals surface area contributed by atoms with Gasteiger partial charge in [0.1, 0.15) is 33.5 Å². The molecule has 0 unspecified atom stereocenters. The maximum absolute atomic E-state index is 14.1. The molecule has 1 aromatic carbocycles. The van der Waals surface area contributed by atoms with Crippen LogP contribution >= 0.6 is 11.3 Å². The number of nitrogens with zero attached hydrogens (tertiary/aromatic N) is 5. The highest BCUT2D eigenvalue weighted by molar-refractivity contribution is 7.21. The Kier molecular flexibility index (Phi) is 11.0. The van der Waals surface area contributed by atoms with Crippen molar-refractivity contribution in [3.05, 3.63) is 68.4 Å². The Morgan fingerprint density at radius 1 is 1.16 bits per heavy atom. The Labute approximate surface area is 252 Å². The van der Waals surface area contributed by atoms with E-state index in [-0.39, 0.29) is 43.7 Å². The molecule has 0 spiro atoms. The first-order valence-electron chi connectivity index (χ1n) is 13.9. The topological polar surface area (TPSA) is 153 Å². The fourth-order valence-corrected chi connectivity index (χ4v) is 5.58. The summed E-state index contributed by atoms with van der Waals surface area (Å²) in [5.74, 6) is -0.577. The van der Waals surface area contributed by atoms with Gasteiger partial charge in [0.05, 0.1) is 24.4 Å². The van der Waals surface area contributed by atoms with Crippen molar-refractivity contribution in [3.8, 4) is 10.8 Å². The summed E-state index contributed by atoms with van der Waals surface area (Å²) in [5, 5.41) is 29.2. The molecule has 0 radical (unpaired) electrons. The van der Waals surface area contributed by atoms with E-state index in [1.165, 1.54) is 65.1 Å². The number of benzene rings is 1. The number of aliphatic hydroxyl groups excluding tert-OH is 2. The van der Waals surface area contributed by atoms with Gasteiger partial charge in [0.15, 0.2) is 0 Å². The predicted octanol–water partition coefficient (Wildman–Crippen LogP) is 2.51. The summed E-state index contributed by atoms with van der Waals surface area (Å²) >= 11 is 1.18. The normalized spacial score (nSPS) is 11.6. The smallest absolute Gasteiger partial charge is 0.333 e. The number of aromatic nitrogens is 5. The van der Waals surface area contributed by atoms with Crippen molar-refractivity contribution in [2.75, 3.05) is 13.2 Å². The summed E-state index contributed by atoms with van der Waals surface area (Å²) in [5.41, 5.74) is -1.73. The highest BCUT2D eigenvalue weighted by Crippen LogP contribution is 2.31. The molecule has 1 amide bonds. The Balaban J connectivity index is 0.00000119. The number of rotatable bonds is 10. The molecule has 0 atom stereocenters. The number of aryl methyl sites for hydroxylation is 3. The summed E-state index contributed by atoms with van der Waals surface area (Å²) in [6.07, 6.45) is 3.02. The van der Waals surface area contributed by atoms with Gasteiger partial charge in [0, 0.05) is 24.3 Å². The summed E-state index contributed by atoms with van der Waals surface area (Å²) in [4.78, 5) is 42.7. The Hall–Kier alpha value is -3.88. The van der Waals surface area contributed by atoms with Gasteiger partial charge in [-0.3, -0.25) is 14.2 Å². The van der Waals surface area contributed by atoms with Crippen LogP contribution in [-0.2, 0) is 23.3 Å². The van der Waals surface area contributed by atoms with Crippen LogP contribution in [0.4, 0.5) is 4.39 Å². The van der Waals surface area contributed by atoms with E-state index in [9.17, 15) is 18.8 Å². The molecule has 4 rings (SSSR count). The Bertz CT molecular complexity index is 1670. The van der Waals surface area contributed by atoms with Gasteiger partial charge in [0.2, 0.25) is 5.91 Å². The molecule has 3 heterocycles. The van der Waals surface area contributed by atoms with E-state index in [1.807, 2.05) is 0 Å². The number of fused-ring (bicyclic) bond motifs is 1. The fourth-order valence-electron chi connectivity index (χ4n) is 4.35. The minimum absolute atomic E-state index is 0.0250. The second kappa shape index (κ2) is 14.1. The number of aliphatic hydroxyl groups is 2. The Morgan fingerprint density at radius 2 is 1.79 bits per heavy atom. The average Bonchev–Trinajstić information content (AvgIpc) is 3.55. The van der Waals surface area contributed by atoms with Gasteiger partial charge in [-0.2, -0.15) is 10.2 Å². The van der Waals surface area contributed by atoms with Gasteiger partial charge in [-0.25, -0.2) is 13.8 Å². The van der Waals surface area contributed by atoms with Crippen LogP contribution in [0.2, 0.25) is 0 Å². The molecule has 3 N–H and O–H groups in total. The SMILES string of the molecule is CC(C)O.Cc1c(-n2nccn2)sc2c1c(=O)n(C(C)(C)C(=O)NC(C)C)c(=O)n2CCc1cc(F)ccc1OCCO. The molecule has 0 saturated carbocycles. The number of hydrogen-bond donors (Lipinski definition) is 3. The minimum Gasteiger partial charge on any atom is -0.491 e. The van der Waals surface area contributed by atoms with Crippen LogP contribution in [0.15, 0.2) is 40.2 Å². The van der Waals surface area contributed by atoms with Crippen LogP contribution in [0, 0.1) is 12.7 Å². The summed E-state index contributed by atoms with van der Waals surface area (Å²) in [6.45, 7) is 11.7. The lowest BCUT2D eigenvalue weighted by Crippen LogP contribution is -2.56. The maximum atomic E-state index is 14.1. The third-order valence-corrected chi connectivity index (χ3v) is 7.58. The van der Waals surface area contributed by atoms with Gasteiger partial charge >= 0.3 is 5.69 Å². The number of amides is 1. The zero-order chi connectivity index (χ0) is 32.1. The standard InChI is InChI=1S/C26H31FN6O5S.C3H8O/c1-15(2)30-24(36)26(4,5)32-21(35)20-16(3)22(33-28-9-10-29-33)39-23(20)31(25(32)37)11-8-17-14-18(27)6-7-19(17)38-13-12-34;1-3(2)4/h6-7,9-10,14-15,34H,8,11-13H2,1-5H3,(H,30,36);3-4H,1-2H3. The molecule has 12 nitrogen and oxygen atoms in total. The van der Waals surface area contributed by atoms with E-state index in [1.54, 1.807) is 34.6 Å². The van der Waals surface area contributed by atoms with Crippen molar-refractivity contribution in [1.29, 1.82) is 0 Å². The van der Waals surface area contributed by atoms with Gasteiger partial charge in [-0.15, -0.1) is 4.80 Å². The lowest BCUT2D eigenvalue weighted by atomic mass is 10.0. The molecular weight excluding hydrogens is 579 g/mol. The first kappa shape index (κ1) is 33.6. The maximum Gasteiger partial charge on any atom is 0.333 e. The number of carbonyl (C=O) groups is 1. The van der Waals surface area contributed by atoms with E-state index in [2.05, 4.69) is 15.5 Å². The molecule has 0 aliphatic carbocycles. The molecule has 0 aliphatic rings. The summed E-state index contributed by atoms with van der Waals surface area (Å²) in [6, 6.07) is 3.83. The van der Waals surface area contributed by atoms with Crippen LogP contribution in [0.5, 0.6) is 5.75 Å². The van der Waals surface area contributed by atoms with Crippen molar-refractivity contribution in [3.63, 3.8) is 0 Å². The highest BCUT2D eigenvalue weighted by atomic mass is 32.1. The fraction of sp³-hybridized carbons (Fsp3) is 0.483. The lowest BCUT2D eigenvalue weighted by molar-refractivity contribution is -0.129. The summed E-state index contributed by atoms with van der Waals surface area (Å²) in [7, 11) is 0. The quantitative estimate of drug-likeness (QED) is 0.245. The van der Waals surface area contributed by atoms with Crippen LogP contribution in [0.25, 0.3) is 15.2 Å². The third kappa shape index (κ3) is 7.56. The van der Waals surface area contributed by atoms with Crippen LogP contribution in [0.1, 0.15) is 52.7 Å². The van der Waals surface area contributed by atoms with Gasteiger partial charge < -0.3 is 20.3 Å². The second-order valence-corrected chi connectivity index (χ2v) is 11.9. The van der Waals surface area contributed by atoms with Crippen molar-refractivity contribution >= 4 is 27.5 Å². The van der Waals surface area contributed by atoms with E-state index < -0.39 is 28.5 Å². The number of nitrogens with one attached hydrogen (secondary N) is 1. The molecule has 234 valence electrons. The van der Waals surface area contributed by atoms with E-state index in [4.69, 9.17) is 14.9 Å². The highest BCUT2D eigenvalue weighted by Gasteiger charge is 2.35. The van der Waals surface area contributed by atoms with Crippen molar-refractivity contribution in [2.45, 2.75) is 79.1 Å². The van der Waals surface area contributed by atoms with Crippen molar-refractivity contribution in [2.24, 2.45) is 0 Å². The van der Waals surface area contributed by atoms with Gasteiger partial charge in [-0.05, 0) is 78.6 Å². The Morgan fingerprint density at radius 3 is 2.37 bits per heavy atom. The van der Waals surface area contributed by atoms with Crippen LogP contribution in [0.3, 0.4) is 0 Å². The number of hydrogen-bond acceptors (Lipinski definition) is 9. The second-order valence-electron chi connectivity index (χ2n) is 11.0. The minimum atomic E-state index is -1.51. The molecule has 4 aromatic rings. The average molecular weight is 619 g/mol. The third-order valence-electron chi connectivity index (χ3n) is 6.30. The first-order valence-corrected chi connectivity index (χ1v) is 14.7. The molecule has 0 aliphatic heterocycles. The molecule has 14 heteroatoms. The van der Waals surface area contributed by atoms with Crippen LogP contribution < -0.4 is 21.3 Å². The van der Waals surface area contributed by atoms with E-state index >= 15 is 0 Å². The lowest BCUT2D eigenvalue weighted by Gasteiger charge is -2.27. The van der Waals surface area contributed by atoms with Crippen molar-refractivity contribution in [1.82, 2.24) is 29.4 Å². The molecule has 43 heavy (non-hydrogen) atoms. The zero-order valence-corrected chi connectivity index (χ0v) is 26.2. The van der Waals surface area contributed by atoms with E-state index in [0.29, 0.717) is 26.7 Å². The van der Waals surface area contributed by atoms with E-state index in [0.717, 1.165) is 4.57 Å². The number of thiophene rings is 1. The van der Waals surface area contributed by atoms with Gasteiger partial charge in [0.25, 0.3) is 5.56 Å². The number of ether oxygens (including phenoxy) is 1. The van der Waals surface area contributed by atoms with Crippen molar-refractivity contribution < 1.29 is 24.1 Å². The molecule has 0 fully saturated rings. The molecule has 0 bridgehead atoms.